The van der Waals surface area contributed by atoms with Crippen LogP contribution in [0.15, 0.2) is 0 Å². The Labute approximate surface area is 244 Å². The zero-order valence-electron chi connectivity index (χ0n) is 26.3. The summed E-state index contributed by atoms with van der Waals surface area (Å²) in [5.41, 5.74) is 0. The highest BCUT2D eigenvalue weighted by atomic mass is 31.2. The fraction of sp³-hybridized carbons (Fsp3) is 0.933. The number of likely N-dealkylation sites (N-methyl/N-ethyl adjacent to an activating group) is 1. The highest BCUT2D eigenvalue weighted by Crippen LogP contribution is 2.38. The lowest BCUT2D eigenvalue weighted by Crippen LogP contribution is -2.37. The number of phosphoric ester groups is 1. The van der Waals surface area contributed by atoms with Crippen molar-refractivity contribution in [2.45, 2.75) is 136 Å². The van der Waals surface area contributed by atoms with E-state index in [9.17, 15) is 19.0 Å². The van der Waals surface area contributed by atoms with Crippen molar-refractivity contribution in [1.82, 2.24) is 0 Å². The molecule has 238 valence electrons. The van der Waals surface area contributed by atoms with Crippen LogP contribution in [0.2, 0.25) is 0 Å². The molecular weight excluding hydrogens is 533 g/mol. The topological polar surface area (TPSA) is 111 Å². The molecule has 0 N–H and O–H groups in total. The van der Waals surface area contributed by atoms with E-state index in [2.05, 4.69) is 13.8 Å². The maximum atomic E-state index is 12.4. The molecule has 0 aromatic carbocycles. The molecule has 0 amide bonds. The van der Waals surface area contributed by atoms with E-state index < -0.39 is 26.5 Å². The fourth-order valence-electron chi connectivity index (χ4n) is 4.06. The maximum absolute atomic E-state index is 12.4. The van der Waals surface area contributed by atoms with Gasteiger partial charge in [0.1, 0.15) is 19.8 Å². The Morgan fingerprint density at radius 1 is 0.675 bits per heavy atom. The molecule has 0 aliphatic rings. The number of hydrogen-bond acceptors (Lipinski definition) is 8. The molecule has 0 saturated carbocycles. The van der Waals surface area contributed by atoms with E-state index in [0.29, 0.717) is 17.4 Å². The van der Waals surface area contributed by atoms with Gasteiger partial charge in [0.05, 0.1) is 27.7 Å². The average Bonchev–Trinajstić information content (AvgIpc) is 2.88. The van der Waals surface area contributed by atoms with Crippen molar-refractivity contribution in [3.8, 4) is 0 Å². The van der Waals surface area contributed by atoms with E-state index in [0.717, 1.165) is 38.5 Å². The van der Waals surface area contributed by atoms with Crippen molar-refractivity contribution in [3.63, 3.8) is 0 Å². The normalized spacial score (nSPS) is 14.1. The molecule has 9 nitrogen and oxygen atoms in total. The van der Waals surface area contributed by atoms with Gasteiger partial charge in [0.2, 0.25) is 0 Å². The lowest BCUT2D eigenvalue weighted by molar-refractivity contribution is -0.870. The minimum absolute atomic E-state index is 0.0271. The van der Waals surface area contributed by atoms with Crippen molar-refractivity contribution in [2.75, 3.05) is 47.5 Å². The van der Waals surface area contributed by atoms with Crippen LogP contribution in [0, 0.1) is 0 Å². The number of rotatable bonds is 28. The smallest absolute Gasteiger partial charge is 0.306 e. The molecule has 0 radical (unpaired) electrons. The number of phosphoric acid groups is 1. The first-order valence-electron chi connectivity index (χ1n) is 15.7. The van der Waals surface area contributed by atoms with Crippen LogP contribution in [0.4, 0.5) is 0 Å². The number of unbranched alkanes of at least 4 members (excludes halogenated alkanes) is 14. The van der Waals surface area contributed by atoms with Gasteiger partial charge in [-0.05, 0) is 12.8 Å². The Kier molecular flexibility index (Phi) is 24.0. The van der Waals surface area contributed by atoms with Gasteiger partial charge in [0, 0.05) is 12.8 Å². The summed E-state index contributed by atoms with van der Waals surface area (Å²) in [6.45, 7) is 4.12. The molecule has 0 rings (SSSR count). The van der Waals surface area contributed by atoms with Crippen molar-refractivity contribution >= 4 is 19.8 Å². The number of carbonyl (C=O) groups is 2. The molecule has 2 atom stereocenters. The van der Waals surface area contributed by atoms with E-state index in [-0.39, 0.29) is 32.0 Å². The van der Waals surface area contributed by atoms with Gasteiger partial charge in [0.15, 0.2) is 6.10 Å². The van der Waals surface area contributed by atoms with E-state index in [4.69, 9.17) is 18.5 Å². The van der Waals surface area contributed by atoms with Crippen LogP contribution >= 0.6 is 7.82 Å². The minimum atomic E-state index is -4.59. The Morgan fingerprint density at radius 3 is 1.60 bits per heavy atom. The Hall–Kier alpha value is -0.990. The summed E-state index contributed by atoms with van der Waals surface area (Å²) in [5, 5.41) is 0. The Bertz CT molecular complexity index is 683. The number of quaternary nitrogens is 1. The lowest BCUT2D eigenvalue weighted by Gasteiger charge is -2.28. The predicted octanol–water partition coefficient (Wildman–Crippen LogP) is 6.71. The van der Waals surface area contributed by atoms with Crippen LogP contribution in [-0.4, -0.2) is 70.0 Å². The molecule has 0 aliphatic heterocycles. The number of carbonyl (C=O) groups excluding carboxylic acids is 2. The zero-order chi connectivity index (χ0) is 30.1. The summed E-state index contributed by atoms with van der Waals surface area (Å²) < 4.78 is 33.4. The second-order valence-corrected chi connectivity index (χ2v) is 13.2. The quantitative estimate of drug-likeness (QED) is 0.0426. The number of nitrogens with zero attached hydrogens (tertiary/aromatic N) is 1. The number of ether oxygens (including phenoxy) is 2. The third-order valence-electron chi connectivity index (χ3n) is 6.63. The van der Waals surface area contributed by atoms with Crippen LogP contribution < -0.4 is 4.89 Å². The monoisotopic (exact) mass is 593 g/mol. The van der Waals surface area contributed by atoms with E-state index in [1.165, 1.54) is 57.8 Å². The molecule has 0 aliphatic carbocycles. The Morgan fingerprint density at radius 2 is 1.12 bits per heavy atom. The molecule has 0 heterocycles. The molecule has 0 aromatic rings. The highest BCUT2D eigenvalue weighted by Gasteiger charge is 2.21. The molecule has 0 spiro atoms. The molecule has 0 bridgehead atoms. The predicted molar refractivity (Wildman–Crippen MR) is 158 cm³/mol. The van der Waals surface area contributed by atoms with Gasteiger partial charge in [0.25, 0.3) is 7.82 Å². The second kappa shape index (κ2) is 24.6. The van der Waals surface area contributed by atoms with Crippen molar-refractivity contribution in [2.24, 2.45) is 0 Å². The first-order chi connectivity index (χ1) is 19.0. The molecule has 0 aromatic heterocycles. The zero-order valence-corrected chi connectivity index (χ0v) is 27.2. The molecule has 0 fully saturated rings. The summed E-state index contributed by atoms with van der Waals surface area (Å²) >= 11 is 0. The number of esters is 2. The lowest BCUT2D eigenvalue weighted by atomic mass is 10.1. The summed E-state index contributed by atoms with van der Waals surface area (Å²) in [6, 6.07) is 0. The molecule has 10 heteroatoms. The minimum Gasteiger partial charge on any atom is -0.756 e. The summed E-state index contributed by atoms with van der Waals surface area (Å²) in [6.07, 6.45) is 17.3. The van der Waals surface area contributed by atoms with Gasteiger partial charge >= 0.3 is 11.9 Å². The first kappa shape index (κ1) is 39.0. The van der Waals surface area contributed by atoms with E-state index in [1.54, 1.807) is 0 Å². The van der Waals surface area contributed by atoms with Crippen LogP contribution in [0.5, 0.6) is 0 Å². The van der Waals surface area contributed by atoms with Crippen molar-refractivity contribution in [3.05, 3.63) is 0 Å². The van der Waals surface area contributed by atoms with Crippen LogP contribution in [0.1, 0.15) is 129 Å². The van der Waals surface area contributed by atoms with Crippen LogP contribution in [0.25, 0.3) is 0 Å². The van der Waals surface area contributed by atoms with Gasteiger partial charge in [-0.3, -0.25) is 14.2 Å². The van der Waals surface area contributed by atoms with Gasteiger partial charge in [-0.15, -0.1) is 0 Å². The summed E-state index contributed by atoms with van der Waals surface area (Å²) in [5.74, 6) is -0.843. The van der Waals surface area contributed by atoms with Crippen LogP contribution in [0.3, 0.4) is 0 Å². The fourth-order valence-corrected chi connectivity index (χ4v) is 4.79. The van der Waals surface area contributed by atoms with Crippen molar-refractivity contribution < 1.29 is 42.1 Å². The van der Waals surface area contributed by atoms with Gasteiger partial charge in [-0.25, -0.2) is 0 Å². The standard InChI is InChI=1S/C30H60NO8P/c1-6-8-10-12-14-15-17-18-20-22-29(32)36-26-28(27-38-40(34,35)37-25-24-31(3,4)5)39-30(33)23-21-19-16-13-11-9-7-2/h28H,6-27H2,1-5H3/t28-/m1/s1. The first-order valence-corrected chi connectivity index (χ1v) is 17.2. The summed E-state index contributed by atoms with van der Waals surface area (Å²) in [7, 11) is 1.17. The molecular formula is C30H60NO8P. The Balaban J connectivity index is 4.52. The molecule has 40 heavy (non-hydrogen) atoms. The number of hydrogen-bond donors (Lipinski definition) is 0. The third kappa shape index (κ3) is 27.2. The van der Waals surface area contributed by atoms with E-state index in [1.807, 2.05) is 21.1 Å². The van der Waals surface area contributed by atoms with Crippen LogP contribution in [-0.2, 0) is 32.7 Å². The molecule has 1 unspecified atom stereocenters. The SMILES string of the molecule is CCCCCCCCCCCC(=O)OC[C@H](COP(=O)([O-])OCC[N+](C)(C)C)OC(=O)CCCCCCCCC. The van der Waals surface area contributed by atoms with E-state index >= 15 is 0 Å². The largest absolute Gasteiger partial charge is 0.756 e. The highest BCUT2D eigenvalue weighted by molar-refractivity contribution is 7.45. The summed E-state index contributed by atoms with van der Waals surface area (Å²) in [4.78, 5) is 36.8. The maximum Gasteiger partial charge on any atom is 0.306 e. The van der Waals surface area contributed by atoms with Crippen molar-refractivity contribution in [1.29, 1.82) is 0 Å². The van der Waals surface area contributed by atoms with Gasteiger partial charge in [-0.1, -0.05) is 104 Å². The van der Waals surface area contributed by atoms with Gasteiger partial charge in [-0.2, -0.15) is 0 Å². The molecule has 0 saturated heterocycles. The second-order valence-electron chi connectivity index (χ2n) is 11.8. The van der Waals surface area contributed by atoms with Gasteiger partial charge < -0.3 is 27.9 Å². The average molecular weight is 594 g/mol. The third-order valence-corrected chi connectivity index (χ3v) is 7.59.